The molecule has 0 saturated heterocycles. The molecule has 0 aromatic rings. The second kappa shape index (κ2) is 2.85. The largest absolute Gasteiger partial charge is 0.265 e. The molecule has 12 heavy (non-hydrogen) atoms. The van der Waals surface area contributed by atoms with E-state index < -0.39 is 15.7 Å². The van der Waals surface area contributed by atoms with E-state index >= 15 is 0 Å². The first-order chi connectivity index (χ1) is 5.43. The molecule has 0 N–H and O–H groups in total. The molecule has 0 amide bonds. The van der Waals surface area contributed by atoms with Crippen molar-refractivity contribution in [3.63, 3.8) is 0 Å². The summed E-state index contributed by atoms with van der Waals surface area (Å²) < 4.78 is 26.6. The van der Waals surface area contributed by atoms with Crippen molar-refractivity contribution in [2.45, 2.75) is 25.4 Å². The van der Waals surface area contributed by atoms with Gasteiger partial charge in [0.1, 0.15) is 5.60 Å². The average Bonchev–Trinajstić information content (AvgIpc) is 2.60. The lowest BCUT2D eigenvalue weighted by molar-refractivity contribution is 0.219. The molecule has 4 heteroatoms. The van der Waals surface area contributed by atoms with Gasteiger partial charge in [-0.2, -0.15) is 8.42 Å². The van der Waals surface area contributed by atoms with Crippen molar-refractivity contribution in [3.8, 4) is 0 Å². The minimum atomic E-state index is -3.35. The molecule has 3 nitrogen and oxygen atoms in total. The van der Waals surface area contributed by atoms with Crippen LogP contribution >= 0.6 is 0 Å². The van der Waals surface area contributed by atoms with Gasteiger partial charge in [0.2, 0.25) is 0 Å². The Morgan fingerprint density at radius 1 is 1.75 bits per heavy atom. The first kappa shape index (κ1) is 9.74. The van der Waals surface area contributed by atoms with Gasteiger partial charge in [-0.25, -0.2) is 0 Å². The third-order valence-corrected chi connectivity index (χ3v) is 2.85. The summed E-state index contributed by atoms with van der Waals surface area (Å²) in [7, 11) is -3.35. The second-order valence-electron chi connectivity index (χ2n) is 3.26. The fourth-order valence-electron chi connectivity index (χ4n) is 1.48. The lowest BCUT2D eigenvalue weighted by Crippen LogP contribution is -2.18. The maximum absolute atomic E-state index is 10.8. The van der Waals surface area contributed by atoms with Gasteiger partial charge in [-0.1, -0.05) is 19.4 Å². The summed E-state index contributed by atoms with van der Waals surface area (Å²) in [6.07, 6.45) is 4.38. The van der Waals surface area contributed by atoms with Crippen LogP contribution in [-0.2, 0) is 14.3 Å². The lowest BCUT2D eigenvalue weighted by Gasteiger charge is -2.10. The third-order valence-electron chi connectivity index (χ3n) is 2.24. The summed E-state index contributed by atoms with van der Waals surface area (Å²) >= 11 is 0. The van der Waals surface area contributed by atoms with Crippen LogP contribution in [0.1, 0.15) is 19.8 Å². The molecule has 0 spiro atoms. The number of hydrogen-bond donors (Lipinski definition) is 0. The Kier molecular flexibility index (Phi) is 2.31. The van der Waals surface area contributed by atoms with Crippen LogP contribution < -0.4 is 0 Å². The van der Waals surface area contributed by atoms with E-state index in [0.717, 1.165) is 19.1 Å². The summed E-state index contributed by atoms with van der Waals surface area (Å²) in [6.45, 7) is 5.60. The van der Waals surface area contributed by atoms with E-state index in [1.807, 2.05) is 6.92 Å². The van der Waals surface area contributed by atoms with Gasteiger partial charge in [-0.3, -0.25) is 4.18 Å². The van der Waals surface area contributed by atoms with E-state index in [0.29, 0.717) is 5.92 Å². The van der Waals surface area contributed by atoms with Crippen LogP contribution in [0.4, 0.5) is 0 Å². The highest BCUT2D eigenvalue weighted by atomic mass is 32.2. The molecule has 1 rings (SSSR count). The van der Waals surface area contributed by atoms with Crippen molar-refractivity contribution in [3.05, 3.63) is 12.7 Å². The van der Waals surface area contributed by atoms with E-state index in [1.165, 1.54) is 0 Å². The molecule has 2 atom stereocenters. The first-order valence-corrected chi connectivity index (χ1v) is 5.79. The van der Waals surface area contributed by atoms with E-state index in [2.05, 4.69) is 6.58 Å². The zero-order chi connectivity index (χ0) is 9.41. The van der Waals surface area contributed by atoms with Crippen LogP contribution in [-0.4, -0.2) is 20.3 Å². The van der Waals surface area contributed by atoms with Gasteiger partial charge in [0.15, 0.2) is 0 Å². The van der Waals surface area contributed by atoms with Gasteiger partial charge >= 0.3 is 0 Å². The average molecular weight is 190 g/mol. The van der Waals surface area contributed by atoms with Crippen LogP contribution in [0.25, 0.3) is 0 Å². The molecule has 0 bridgehead atoms. The predicted octanol–water partition coefficient (Wildman–Crippen LogP) is 1.32. The molecule has 1 saturated carbocycles. The molecule has 0 radical (unpaired) electrons. The molecule has 0 unspecified atom stereocenters. The molecule has 0 aromatic heterocycles. The van der Waals surface area contributed by atoms with Gasteiger partial charge in [-0.15, -0.1) is 6.58 Å². The van der Waals surface area contributed by atoms with Crippen molar-refractivity contribution in [1.29, 1.82) is 0 Å². The van der Waals surface area contributed by atoms with Crippen LogP contribution in [0.5, 0.6) is 0 Å². The highest BCUT2D eigenvalue weighted by Gasteiger charge is 2.54. The Balaban J connectivity index is 2.68. The van der Waals surface area contributed by atoms with E-state index in [1.54, 1.807) is 6.08 Å². The summed E-state index contributed by atoms with van der Waals surface area (Å²) in [6, 6.07) is 0. The highest BCUT2D eigenvalue weighted by Crippen LogP contribution is 2.50. The van der Waals surface area contributed by atoms with Crippen molar-refractivity contribution in [2.75, 3.05) is 6.26 Å². The first-order valence-electron chi connectivity index (χ1n) is 3.98. The minimum absolute atomic E-state index is 0.324. The zero-order valence-corrected chi connectivity index (χ0v) is 8.23. The molecule has 0 aromatic carbocycles. The predicted molar refractivity (Wildman–Crippen MR) is 47.3 cm³/mol. The molecule has 1 fully saturated rings. The number of rotatable bonds is 4. The van der Waals surface area contributed by atoms with Crippen LogP contribution in [0.3, 0.4) is 0 Å². The monoisotopic (exact) mass is 190 g/mol. The van der Waals surface area contributed by atoms with Gasteiger partial charge in [0, 0.05) is 0 Å². The Morgan fingerprint density at radius 3 is 2.58 bits per heavy atom. The maximum Gasteiger partial charge on any atom is 0.265 e. The van der Waals surface area contributed by atoms with Crippen LogP contribution in [0.2, 0.25) is 0 Å². The van der Waals surface area contributed by atoms with Gasteiger partial charge in [-0.05, 0) is 12.3 Å². The van der Waals surface area contributed by atoms with Crippen molar-refractivity contribution < 1.29 is 12.6 Å². The lowest BCUT2D eigenvalue weighted by atomic mass is 10.2. The van der Waals surface area contributed by atoms with E-state index in [-0.39, 0.29) is 0 Å². The molecular formula is C8H14O3S. The molecule has 0 aliphatic heterocycles. The standard InChI is InChI=1S/C8H14O3S/c1-4-7-6-8(7,5-2)11-12(3,9)10/h5,7H,2,4,6H2,1,3H3/t7-,8+/m1/s1. The summed E-state index contributed by atoms with van der Waals surface area (Å²) in [4.78, 5) is 0. The second-order valence-corrected chi connectivity index (χ2v) is 4.83. The molecule has 70 valence electrons. The van der Waals surface area contributed by atoms with Crippen molar-refractivity contribution >= 4 is 10.1 Å². The summed E-state index contributed by atoms with van der Waals surface area (Å²) in [5.74, 6) is 0.324. The van der Waals surface area contributed by atoms with Crippen LogP contribution in [0.15, 0.2) is 12.7 Å². The summed E-state index contributed by atoms with van der Waals surface area (Å²) in [5.41, 5.74) is -0.581. The van der Waals surface area contributed by atoms with Crippen molar-refractivity contribution in [1.82, 2.24) is 0 Å². The normalized spacial score (nSPS) is 34.7. The maximum atomic E-state index is 10.8. The highest BCUT2D eigenvalue weighted by molar-refractivity contribution is 7.86. The smallest absolute Gasteiger partial charge is 0.259 e. The topological polar surface area (TPSA) is 43.4 Å². The van der Waals surface area contributed by atoms with Gasteiger partial charge in [0.05, 0.1) is 6.26 Å². The van der Waals surface area contributed by atoms with Crippen molar-refractivity contribution in [2.24, 2.45) is 5.92 Å². The minimum Gasteiger partial charge on any atom is -0.259 e. The molecule has 1 aliphatic rings. The fraction of sp³-hybridized carbons (Fsp3) is 0.750. The Labute approximate surface area is 73.5 Å². The third kappa shape index (κ3) is 1.87. The Bertz CT molecular complexity index is 281. The molecule has 1 aliphatic carbocycles. The number of hydrogen-bond acceptors (Lipinski definition) is 3. The van der Waals surface area contributed by atoms with Gasteiger partial charge in [0.25, 0.3) is 10.1 Å². The van der Waals surface area contributed by atoms with Crippen LogP contribution in [0, 0.1) is 5.92 Å². The Morgan fingerprint density at radius 2 is 2.33 bits per heavy atom. The van der Waals surface area contributed by atoms with E-state index in [9.17, 15) is 8.42 Å². The molecule has 0 heterocycles. The van der Waals surface area contributed by atoms with E-state index in [4.69, 9.17) is 4.18 Å². The fourth-order valence-corrected chi connectivity index (χ4v) is 2.32. The molecular weight excluding hydrogens is 176 g/mol. The SMILES string of the molecule is C=C[C@]1(OS(C)(=O)=O)C[C@H]1CC. The summed E-state index contributed by atoms with van der Waals surface area (Å²) in [5, 5.41) is 0. The van der Waals surface area contributed by atoms with Gasteiger partial charge < -0.3 is 0 Å². The zero-order valence-electron chi connectivity index (χ0n) is 7.41. The Hall–Kier alpha value is -0.350. The quantitative estimate of drug-likeness (QED) is 0.496.